The van der Waals surface area contributed by atoms with E-state index in [1.165, 1.54) is 24.2 Å². The quantitative estimate of drug-likeness (QED) is 0.849. The summed E-state index contributed by atoms with van der Waals surface area (Å²) in [6.45, 7) is 0.356. The number of fused-ring (bicyclic) bond motifs is 1. The molecule has 1 aliphatic carbocycles. The summed E-state index contributed by atoms with van der Waals surface area (Å²) in [5.74, 6) is 0.986. The van der Waals surface area contributed by atoms with Crippen LogP contribution >= 0.6 is 0 Å². The third-order valence-corrected chi connectivity index (χ3v) is 4.44. The van der Waals surface area contributed by atoms with Crippen molar-refractivity contribution in [2.45, 2.75) is 50.7 Å². The van der Waals surface area contributed by atoms with Gasteiger partial charge in [0, 0.05) is 12.2 Å². The highest BCUT2D eigenvalue weighted by molar-refractivity contribution is 5.19. The highest BCUT2D eigenvalue weighted by Gasteiger charge is 2.31. The van der Waals surface area contributed by atoms with Crippen molar-refractivity contribution < 1.29 is 17.9 Å². The maximum absolute atomic E-state index is 12.1. The predicted octanol–water partition coefficient (Wildman–Crippen LogP) is 3.00. The van der Waals surface area contributed by atoms with Gasteiger partial charge in [-0.25, -0.2) is 4.98 Å². The molecule has 0 aromatic carbocycles. The van der Waals surface area contributed by atoms with Crippen molar-refractivity contribution >= 4 is 0 Å². The number of nitrogens with zero attached hydrogens (tertiary/aromatic N) is 2. The van der Waals surface area contributed by atoms with Gasteiger partial charge in [-0.2, -0.15) is 13.2 Å². The molecule has 22 heavy (non-hydrogen) atoms. The molecule has 1 N–H and O–H groups in total. The van der Waals surface area contributed by atoms with Gasteiger partial charge in [-0.15, -0.1) is 0 Å². The number of aryl methyl sites for hydroxylation is 2. The maximum Gasteiger partial charge on any atom is 0.411 e. The monoisotopic (exact) mass is 317 g/mol. The number of rotatable bonds is 5. The standard InChI is InChI=1S/C15H22F3N3O/c16-15(17,18)10-22-9-8-21-7-3-6-13(21)14-19-11-4-1-2-5-12(11)20-14/h13H,1-10H2,(H,19,20). The van der Waals surface area contributed by atoms with Crippen LogP contribution in [0.15, 0.2) is 0 Å². The first kappa shape index (κ1) is 15.8. The summed E-state index contributed by atoms with van der Waals surface area (Å²) in [5, 5.41) is 0. The van der Waals surface area contributed by atoms with Crippen molar-refractivity contribution in [3.05, 3.63) is 17.2 Å². The summed E-state index contributed by atoms with van der Waals surface area (Å²) in [6, 6.07) is 0.195. The highest BCUT2D eigenvalue weighted by Crippen LogP contribution is 2.31. The molecule has 1 unspecified atom stereocenters. The van der Waals surface area contributed by atoms with Crippen molar-refractivity contribution in [2.75, 3.05) is 26.3 Å². The summed E-state index contributed by atoms with van der Waals surface area (Å²) < 4.78 is 41.0. The average Bonchev–Trinajstić information content (AvgIpc) is 3.08. The van der Waals surface area contributed by atoms with Crippen LogP contribution in [0, 0.1) is 0 Å². The average molecular weight is 317 g/mol. The van der Waals surface area contributed by atoms with Gasteiger partial charge < -0.3 is 9.72 Å². The molecule has 0 spiro atoms. The van der Waals surface area contributed by atoms with E-state index in [1.807, 2.05) is 0 Å². The highest BCUT2D eigenvalue weighted by atomic mass is 19.4. The van der Waals surface area contributed by atoms with E-state index in [-0.39, 0.29) is 12.6 Å². The fourth-order valence-corrected chi connectivity index (χ4v) is 3.41. The normalized spacial score (nSPS) is 23.0. The van der Waals surface area contributed by atoms with Crippen LogP contribution in [0.5, 0.6) is 0 Å². The number of halogens is 3. The smallest absolute Gasteiger partial charge is 0.371 e. The Morgan fingerprint density at radius 3 is 2.82 bits per heavy atom. The van der Waals surface area contributed by atoms with E-state index in [0.29, 0.717) is 6.54 Å². The van der Waals surface area contributed by atoms with Gasteiger partial charge in [0.05, 0.1) is 18.3 Å². The lowest BCUT2D eigenvalue weighted by molar-refractivity contribution is -0.174. The molecule has 0 radical (unpaired) electrons. The molecule has 2 heterocycles. The van der Waals surface area contributed by atoms with Gasteiger partial charge in [0.15, 0.2) is 0 Å². The van der Waals surface area contributed by atoms with Gasteiger partial charge in [-0.3, -0.25) is 4.90 Å². The van der Waals surface area contributed by atoms with Crippen LogP contribution in [0.25, 0.3) is 0 Å². The molecular formula is C15H22F3N3O. The molecule has 1 fully saturated rings. The number of ether oxygens (including phenoxy) is 1. The first-order chi connectivity index (χ1) is 10.5. The molecule has 4 nitrogen and oxygen atoms in total. The fourth-order valence-electron chi connectivity index (χ4n) is 3.41. The number of imidazole rings is 1. The van der Waals surface area contributed by atoms with Crippen LogP contribution in [0.2, 0.25) is 0 Å². The van der Waals surface area contributed by atoms with E-state index in [2.05, 4.69) is 9.88 Å². The first-order valence-corrected chi connectivity index (χ1v) is 7.99. The van der Waals surface area contributed by atoms with E-state index in [0.717, 1.165) is 38.1 Å². The van der Waals surface area contributed by atoms with Crippen LogP contribution in [0.3, 0.4) is 0 Å². The largest absolute Gasteiger partial charge is 0.411 e. The molecule has 1 aromatic heterocycles. The lowest BCUT2D eigenvalue weighted by Gasteiger charge is -2.22. The van der Waals surface area contributed by atoms with Gasteiger partial charge >= 0.3 is 6.18 Å². The molecular weight excluding hydrogens is 295 g/mol. The summed E-state index contributed by atoms with van der Waals surface area (Å²) in [6.07, 6.45) is 2.30. The van der Waals surface area contributed by atoms with E-state index >= 15 is 0 Å². The zero-order chi connectivity index (χ0) is 15.6. The third-order valence-electron chi connectivity index (χ3n) is 4.44. The number of likely N-dealkylation sites (tertiary alicyclic amines) is 1. The van der Waals surface area contributed by atoms with Crippen LogP contribution in [0.4, 0.5) is 13.2 Å². The zero-order valence-corrected chi connectivity index (χ0v) is 12.6. The molecule has 1 atom stereocenters. The van der Waals surface area contributed by atoms with Crippen molar-refractivity contribution in [1.82, 2.24) is 14.9 Å². The van der Waals surface area contributed by atoms with Gasteiger partial charge in [0.2, 0.25) is 0 Å². The molecule has 1 aromatic rings. The maximum atomic E-state index is 12.1. The molecule has 0 amide bonds. The van der Waals surface area contributed by atoms with Crippen LogP contribution in [-0.2, 0) is 17.6 Å². The lowest BCUT2D eigenvalue weighted by atomic mass is 10.0. The number of aromatic nitrogens is 2. The lowest BCUT2D eigenvalue weighted by Crippen LogP contribution is -2.29. The molecule has 3 rings (SSSR count). The van der Waals surface area contributed by atoms with E-state index < -0.39 is 12.8 Å². The molecule has 1 saturated heterocycles. The number of hydrogen-bond acceptors (Lipinski definition) is 3. The second-order valence-corrected chi connectivity index (χ2v) is 6.12. The third kappa shape index (κ3) is 3.81. The Hall–Kier alpha value is -1.08. The Morgan fingerprint density at radius 1 is 1.23 bits per heavy atom. The zero-order valence-electron chi connectivity index (χ0n) is 12.6. The Morgan fingerprint density at radius 2 is 2.05 bits per heavy atom. The number of hydrogen-bond donors (Lipinski definition) is 1. The Labute approximate surface area is 128 Å². The van der Waals surface area contributed by atoms with E-state index in [9.17, 15) is 13.2 Å². The molecule has 0 bridgehead atoms. The first-order valence-electron chi connectivity index (χ1n) is 7.99. The second-order valence-electron chi connectivity index (χ2n) is 6.12. The van der Waals surface area contributed by atoms with Crippen LogP contribution in [0.1, 0.15) is 48.9 Å². The topological polar surface area (TPSA) is 41.1 Å². The summed E-state index contributed by atoms with van der Waals surface area (Å²) in [4.78, 5) is 10.4. The Kier molecular flexibility index (Phi) is 4.73. The minimum absolute atomic E-state index is 0.108. The van der Waals surface area contributed by atoms with Crippen LogP contribution in [-0.4, -0.2) is 47.3 Å². The van der Waals surface area contributed by atoms with E-state index in [1.54, 1.807) is 0 Å². The SMILES string of the molecule is FC(F)(F)COCCN1CCCC1c1nc2c([nH]1)CCCC2. The fraction of sp³-hybridized carbons (Fsp3) is 0.800. The number of aromatic amines is 1. The Bertz CT molecular complexity index is 477. The molecule has 124 valence electrons. The number of H-pyrrole nitrogens is 1. The van der Waals surface area contributed by atoms with Crippen molar-refractivity contribution in [1.29, 1.82) is 0 Å². The van der Waals surface area contributed by atoms with Crippen molar-refractivity contribution in [3.8, 4) is 0 Å². The molecule has 2 aliphatic rings. The predicted molar refractivity (Wildman–Crippen MR) is 75.7 cm³/mol. The minimum Gasteiger partial charge on any atom is -0.371 e. The summed E-state index contributed by atoms with van der Waals surface area (Å²) >= 11 is 0. The van der Waals surface area contributed by atoms with Crippen molar-refractivity contribution in [3.63, 3.8) is 0 Å². The molecule has 0 saturated carbocycles. The second kappa shape index (κ2) is 6.58. The summed E-state index contributed by atoms with van der Waals surface area (Å²) in [5.41, 5.74) is 2.43. The summed E-state index contributed by atoms with van der Waals surface area (Å²) in [7, 11) is 0. The molecule has 1 aliphatic heterocycles. The minimum atomic E-state index is -4.25. The van der Waals surface area contributed by atoms with Gasteiger partial charge in [0.1, 0.15) is 12.4 Å². The number of nitrogens with one attached hydrogen (secondary N) is 1. The van der Waals surface area contributed by atoms with Gasteiger partial charge in [-0.1, -0.05) is 0 Å². The van der Waals surface area contributed by atoms with Crippen LogP contribution < -0.4 is 0 Å². The van der Waals surface area contributed by atoms with Gasteiger partial charge in [-0.05, 0) is 45.1 Å². The van der Waals surface area contributed by atoms with Gasteiger partial charge in [0.25, 0.3) is 0 Å². The molecule has 7 heteroatoms. The number of alkyl halides is 3. The Balaban J connectivity index is 1.55. The van der Waals surface area contributed by atoms with E-state index in [4.69, 9.17) is 9.72 Å². The van der Waals surface area contributed by atoms with Crippen molar-refractivity contribution in [2.24, 2.45) is 0 Å².